The smallest absolute Gasteiger partial charge is 0.317 e. The van der Waals surface area contributed by atoms with E-state index in [1.807, 2.05) is 0 Å². The van der Waals surface area contributed by atoms with Gasteiger partial charge in [0.15, 0.2) is 6.61 Å². The Kier molecular flexibility index (Phi) is 4.77. The lowest BCUT2D eigenvalue weighted by Crippen LogP contribution is -2.26. The maximum Gasteiger partial charge on any atom is 0.317 e. The molecular formula is C19H16ClFO4. The fourth-order valence-corrected chi connectivity index (χ4v) is 2.88. The van der Waals surface area contributed by atoms with Crippen molar-refractivity contribution in [1.29, 1.82) is 0 Å². The second kappa shape index (κ2) is 6.84. The largest absolute Gasteiger partial charge is 0.496 e. The molecule has 0 saturated heterocycles. The van der Waals surface area contributed by atoms with E-state index in [4.69, 9.17) is 21.1 Å². The van der Waals surface area contributed by atoms with Crippen LogP contribution in [0.1, 0.15) is 28.8 Å². The van der Waals surface area contributed by atoms with Gasteiger partial charge in [0.25, 0.3) is 0 Å². The Morgan fingerprint density at radius 3 is 2.44 bits per heavy atom. The van der Waals surface area contributed by atoms with Gasteiger partial charge in [-0.3, -0.25) is 9.59 Å². The van der Waals surface area contributed by atoms with Crippen molar-refractivity contribution in [3.05, 3.63) is 64.4 Å². The Balaban J connectivity index is 1.69. The summed E-state index contributed by atoms with van der Waals surface area (Å²) in [4.78, 5) is 24.7. The minimum Gasteiger partial charge on any atom is -0.496 e. The maximum absolute atomic E-state index is 13.4. The Hall–Kier alpha value is -2.40. The Labute approximate surface area is 149 Å². The lowest BCUT2D eigenvalue weighted by atomic mass is 9.96. The van der Waals surface area contributed by atoms with Crippen molar-refractivity contribution in [3.63, 3.8) is 0 Å². The van der Waals surface area contributed by atoms with Gasteiger partial charge in [-0.25, -0.2) is 4.39 Å². The lowest BCUT2D eigenvalue weighted by Gasteiger charge is -2.15. The van der Waals surface area contributed by atoms with Gasteiger partial charge in [0.1, 0.15) is 11.6 Å². The second-order valence-electron chi connectivity index (χ2n) is 5.93. The number of hydrogen-bond donors (Lipinski definition) is 0. The van der Waals surface area contributed by atoms with Crippen LogP contribution in [-0.4, -0.2) is 25.5 Å². The van der Waals surface area contributed by atoms with Crippen LogP contribution >= 0.6 is 11.6 Å². The van der Waals surface area contributed by atoms with E-state index in [1.165, 1.54) is 19.2 Å². The predicted molar refractivity (Wildman–Crippen MR) is 90.6 cm³/mol. The van der Waals surface area contributed by atoms with Gasteiger partial charge in [0, 0.05) is 5.02 Å². The van der Waals surface area contributed by atoms with Gasteiger partial charge < -0.3 is 9.47 Å². The zero-order chi connectivity index (χ0) is 18.0. The summed E-state index contributed by atoms with van der Waals surface area (Å²) in [7, 11) is 1.38. The molecule has 0 atom stereocenters. The third kappa shape index (κ3) is 3.51. The monoisotopic (exact) mass is 362 g/mol. The Bertz CT molecular complexity index is 813. The first kappa shape index (κ1) is 17.4. The highest BCUT2D eigenvalue weighted by Crippen LogP contribution is 2.49. The van der Waals surface area contributed by atoms with Crippen molar-refractivity contribution in [3.8, 4) is 5.75 Å². The number of esters is 1. The maximum atomic E-state index is 13.4. The van der Waals surface area contributed by atoms with E-state index in [2.05, 4.69) is 0 Å². The Morgan fingerprint density at radius 1 is 1.16 bits per heavy atom. The van der Waals surface area contributed by atoms with Crippen LogP contribution in [0.15, 0.2) is 42.5 Å². The molecule has 0 heterocycles. The van der Waals surface area contributed by atoms with Gasteiger partial charge in [-0.05, 0) is 48.7 Å². The summed E-state index contributed by atoms with van der Waals surface area (Å²) in [5.74, 6) is -1.30. The van der Waals surface area contributed by atoms with Crippen molar-refractivity contribution >= 4 is 23.4 Å². The van der Waals surface area contributed by atoms with Gasteiger partial charge >= 0.3 is 5.97 Å². The second-order valence-corrected chi connectivity index (χ2v) is 6.37. The van der Waals surface area contributed by atoms with E-state index in [-0.39, 0.29) is 11.3 Å². The molecule has 1 saturated carbocycles. The zero-order valence-electron chi connectivity index (χ0n) is 13.6. The number of Topliss-reactive ketones (excluding diaryl/α,β-unsaturated/α-hetero) is 1. The molecule has 0 aromatic heterocycles. The quantitative estimate of drug-likeness (QED) is 0.577. The van der Waals surface area contributed by atoms with Crippen molar-refractivity contribution in [2.75, 3.05) is 13.7 Å². The summed E-state index contributed by atoms with van der Waals surface area (Å²) in [6, 6.07) is 10.6. The van der Waals surface area contributed by atoms with Crippen LogP contribution in [0, 0.1) is 5.82 Å². The van der Waals surface area contributed by atoms with Gasteiger partial charge in [0.05, 0.1) is 18.1 Å². The van der Waals surface area contributed by atoms with E-state index in [0.29, 0.717) is 17.9 Å². The molecule has 0 N–H and O–H groups in total. The molecule has 1 fully saturated rings. The Morgan fingerprint density at radius 2 is 1.84 bits per heavy atom. The average Bonchev–Trinajstić information content (AvgIpc) is 3.42. The average molecular weight is 363 g/mol. The summed E-state index contributed by atoms with van der Waals surface area (Å²) in [6.45, 7) is -0.464. The lowest BCUT2D eigenvalue weighted by molar-refractivity contribution is -0.145. The van der Waals surface area contributed by atoms with E-state index in [0.717, 1.165) is 11.6 Å². The summed E-state index contributed by atoms with van der Waals surface area (Å²) < 4.78 is 23.6. The molecule has 2 aromatic rings. The molecule has 1 aliphatic carbocycles. The van der Waals surface area contributed by atoms with E-state index in [9.17, 15) is 14.0 Å². The third-order valence-corrected chi connectivity index (χ3v) is 4.59. The van der Waals surface area contributed by atoms with Crippen molar-refractivity contribution in [2.45, 2.75) is 18.3 Å². The van der Waals surface area contributed by atoms with Crippen molar-refractivity contribution in [2.24, 2.45) is 0 Å². The molecule has 4 nitrogen and oxygen atoms in total. The van der Waals surface area contributed by atoms with Crippen LogP contribution in [0.25, 0.3) is 0 Å². The standard InChI is InChI=1S/C19H16ClFO4/c1-24-17-7-6-14(21)10-15(17)16(22)11-25-18(23)19(8-9-19)12-2-4-13(20)5-3-12/h2-7,10H,8-9,11H2,1H3. The number of methoxy groups -OCH3 is 1. The first-order valence-corrected chi connectivity index (χ1v) is 8.14. The van der Waals surface area contributed by atoms with Crippen molar-refractivity contribution < 1.29 is 23.5 Å². The number of carbonyl (C=O) groups excluding carboxylic acids is 2. The zero-order valence-corrected chi connectivity index (χ0v) is 14.3. The van der Waals surface area contributed by atoms with Gasteiger partial charge in [-0.15, -0.1) is 0 Å². The summed E-state index contributed by atoms with van der Waals surface area (Å²) in [5.41, 5.74) is 0.154. The number of halogens is 2. The topological polar surface area (TPSA) is 52.6 Å². The number of carbonyl (C=O) groups is 2. The molecule has 0 amide bonds. The van der Waals surface area contributed by atoms with Crippen LogP contribution in [0.4, 0.5) is 4.39 Å². The third-order valence-electron chi connectivity index (χ3n) is 4.33. The molecule has 0 aliphatic heterocycles. The fourth-order valence-electron chi connectivity index (χ4n) is 2.75. The van der Waals surface area contributed by atoms with Crippen LogP contribution in [0.3, 0.4) is 0 Å². The first-order valence-electron chi connectivity index (χ1n) is 7.76. The molecule has 1 aliphatic rings. The number of ether oxygens (including phenoxy) is 2. The minimum absolute atomic E-state index is 0.0478. The molecule has 2 aromatic carbocycles. The first-order chi connectivity index (χ1) is 12.0. The number of ketones is 1. The molecule has 25 heavy (non-hydrogen) atoms. The van der Waals surface area contributed by atoms with Crippen LogP contribution < -0.4 is 4.74 Å². The van der Waals surface area contributed by atoms with Crippen LogP contribution in [0.5, 0.6) is 5.75 Å². The van der Waals surface area contributed by atoms with Gasteiger partial charge in [0.2, 0.25) is 5.78 Å². The molecule has 0 bridgehead atoms. The molecule has 0 unspecified atom stereocenters. The van der Waals surface area contributed by atoms with Crippen LogP contribution in [0.2, 0.25) is 5.02 Å². The summed E-state index contributed by atoms with van der Waals surface area (Å²) in [6.07, 6.45) is 1.32. The summed E-state index contributed by atoms with van der Waals surface area (Å²) >= 11 is 5.87. The summed E-state index contributed by atoms with van der Waals surface area (Å²) in [5, 5.41) is 0.585. The molecule has 6 heteroatoms. The van der Waals surface area contributed by atoms with Crippen molar-refractivity contribution in [1.82, 2.24) is 0 Å². The van der Waals surface area contributed by atoms with Crippen LogP contribution in [-0.2, 0) is 14.9 Å². The highest BCUT2D eigenvalue weighted by molar-refractivity contribution is 6.30. The highest BCUT2D eigenvalue weighted by Gasteiger charge is 2.52. The van der Waals surface area contributed by atoms with E-state index < -0.39 is 29.6 Å². The minimum atomic E-state index is -0.711. The molecule has 130 valence electrons. The predicted octanol–water partition coefficient (Wildman–Crippen LogP) is 3.95. The van der Waals surface area contributed by atoms with Gasteiger partial charge in [-0.1, -0.05) is 23.7 Å². The normalized spacial score (nSPS) is 14.7. The molecule has 0 radical (unpaired) electrons. The fraction of sp³-hybridized carbons (Fsp3) is 0.263. The molecular weight excluding hydrogens is 347 g/mol. The number of hydrogen-bond acceptors (Lipinski definition) is 4. The van der Waals surface area contributed by atoms with E-state index in [1.54, 1.807) is 24.3 Å². The molecule has 3 rings (SSSR count). The number of benzene rings is 2. The van der Waals surface area contributed by atoms with E-state index >= 15 is 0 Å². The SMILES string of the molecule is COc1ccc(F)cc1C(=O)COC(=O)C1(c2ccc(Cl)cc2)CC1. The van der Waals surface area contributed by atoms with Gasteiger partial charge in [-0.2, -0.15) is 0 Å². The number of rotatable bonds is 6. The molecule has 0 spiro atoms. The highest BCUT2D eigenvalue weighted by atomic mass is 35.5.